The fraction of sp³-hybridized carbons (Fsp3) is 0.261. The Bertz CT molecular complexity index is 1350. The molecule has 172 valence electrons. The van der Waals surface area contributed by atoms with Gasteiger partial charge >= 0.3 is 6.18 Å². The van der Waals surface area contributed by atoms with E-state index in [0.29, 0.717) is 4.88 Å². The lowest BCUT2D eigenvalue weighted by Gasteiger charge is -2.26. The van der Waals surface area contributed by atoms with Crippen molar-refractivity contribution in [3.8, 4) is 11.1 Å². The Morgan fingerprint density at radius 3 is 2.61 bits per heavy atom. The third-order valence-electron chi connectivity index (χ3n) is 5.57. The van der Waals surface area contributed by atoms with Gasteiger partial charge in [0, 0.05) is 15.6 Å². The lowest BCUT2D eigenvalue weighted by atomic mass is 9.96. The molecule has 0 aliphatic heterocycles. The van der Waals surface area contributed by atoms with Crippen LogP contribution in [0.4, 0.5) is 13.2 Å². The maximum Gasteiger partial charge on any atom is 0.423 e. The number of benzene rings is 2. The first kappa shape index (κ1) is 22.9. The highest BCUT2D eigenvalue weighted by atomic mass is 32.1. The van der Waals surface area contributed by atoms with Crippen molar-refractivity contribution in [3.05, 3.63) is 70.4 Å². The third kappa shape index (κ3) is 4.11. The number of hydrogen-bond donors (Lipinski definition) is 2. The van der Waals surface area contributed by atoms with Crippen molar-refractivity contribution in [1.29, 1.82) is 0 Å². The fourth-order valence-electron chi connectivity index (χ4n) is 3.78. The number of hydrogen-bond acceptors (Lipinski definition) is 5. The Labute approximate surface area is 191 Å². The highest BCUT2D eigenvalue weighted by Gasteiger charge is 2.55. The van der Waals surface area contributed by atoms with Crippen LogP contribution in [0.15, 0.2) is 48.7 Å². The minimum atomic E-state index is -4.87. The number of aromatic nitrogens is 3. The topological polar surface area (TPSA) is 94.0 Å². The molecule has 0 aliphatic carbocycles. The molecule has 0 fully saturated rings. The van der Waals surface area contributed by atoms with Gasteiger partial charge in [-0.1, -0.05) is 54.1 Å². The first-order valence-corrected chi connectivity index (χ1v) is 11.0. The van der Waals surface area contributed by atoms with E-state index in [1.807, 2.05) is 49.4 Å². The second-order valence-electron chi connectivity index (χ2n) is 7.88. The summed E-state index contributed by atoms with van der Waals surface area (Å²) in [5.41, 5.74) is 5.48. The van der Waals surface area contributed by atoms with E-state index >= 15 is 0 Å². The van der Waals surface area contributed by atoms with Crippen LogP contribution >= 0.6 is 11.3 Å². The van der Waals surface area contributed by atoms with Crippen molar-refractivity contribution in [2.24, 2.45) is 5.73 Å². The zero-order chi connectivity index (χ0) is 24.0. The predicted molar refractivity (Wildman–Crippen MR) is 120 cm³/mol. The molecule has 3 N–H and O–H groups in total. The van der Waals surface area contributed by atoms with Gasteiger partial charge in [0.05, 0.1) is 12.7 Å². The smallest absolute Gasteiger partial charge is 0.375 e. The highest BCUT2D eigenvalue weighted by Crippen LogP contribution is 2.41. The molecular weight excluding hydrogens is 453 g/mol. The van der Waals surface area contributed by atoms with Crippen LogP contribution in [-0.4, -0.2) is 32.2 Å². The van der Waals surface area contributed by atoms with Gasteiger partial charge < -0.3 is 10.8 Å². The maximum absolute atomic E-state index is 13.3. The largest absolute Gasteiger partial charge is 0.423 e. The molecule has 10 heteroatoms. The normalized spacial score (nSPS) is 13.9. The van der Waals surface area contributed by atoms with Gasteiger partial charge in [0.1, 0.15) is 10.6 Å². The van der Waals surface area contributed by atoms with Crippen LogP contribution in [0.5, 0.6) is 0 Å². The molecule has 6 nitrogen and oxygen atoms in total. The number of halogens is 3. The van der Waals surface area contributed by atoms with Crippen molar-refractivity contribution in [1.82, 2.24) is 15.0 Å². The van der Waals surface area contributed by atoms with Crippen LogP contribution < -0.4 is 5.73 Å². The van der Waals surface area contributed by atoms with Gasteiger partial charge in [-0.05, 0) is 30.5 Å². The van der Waals surface area contributed by atoms with Crippen LogP contribution in [0.3, 0.4) is 0 Å². The average Bonchev–Trinajstić information content (AvgIpc) is 3.37. The number of carbonyl (C=O) groups is 1. The van der Waals surface area contributed by atoms with Crippen molar-refractivity contribution >= 4 is 27.3 Å². The predicted octanol–water partition coefficient (Wildman–Crippen LogP) is 4.78. The van der Waals surface area contributed by atoms with Crippen molar-refractivity contribution in [2.45, 2.75) is 38.6 Å². The Balaban J connectivity index is 1.71. The van der Waals surface area contributed by atoms with E-state index in [0.717, 1.165) is 38.5 Å². The molecule has 1 unspecified atom stereocenters. The molecule has 33 heavy (non-hydrogen) atoms. The Kier molecular flexibility index (Phi) is 5.75. The van der Waals surface area contributed by atoms with Crippen LogP contribution in [0.25, 0.3) is 21.2 Å². The van der Waals surface area contributed by atoms with E-state index < -0.39 is 29.8 Å². The number of nitrogens with two attached hydrogens (primary N) is 1. The van der Waals surface area contributed by atoms with E-state index in [2.05, 4.69) is 10.3 Å². The van der Waals surface area contributed by atoms with Crippen LogP contribution in [0.2, 0.25) is 0 Å². The number of amides is 1. The first-order chi connectivity index (χ1) is 15.5. The molecule has 0 radical (unpaired) electrons. The Morgan fingerprint density at radius 2 is 1.97 bits per heavy atom. The zero-order valence-electron chi connectivity index (χ0n) is 17.8. The van der Waals surface area contributed by atoms with Gasteiger partial charge in [-0.3, -0.25) is 4.79 Å². The summed E-state index contributed by atoms with van der Waals surface area (Å²) in [6.07, 6.45) is -4.34. The van der Waals surface area contributed by atoms with E-state index in [-0.39, 0.29) is 6.54 Å². The lowest BCUT2D eigenvalue weighted by molar-refractivity contribution is -0.269. The number of aliphatic hydroxyl groups is 1. The Hall–Kier alpha value is -3.24. The molecule has 1 amide bonds. The molecule has 0 aliphatic rings. The number of fused-ring (bicyclic) bond motifs is 1. The summed E-state index contributed by atoms with van der Waals surface area (Å²) in [5.74, 6) is -0.527. The summed E-state index contributed by atoms with van der Waals surface area (Å²) in [7, 11) is 0. The average molecular weight is 475 g/mol. The first-order valence-electron chi connectivity index (χ1n) is 10.2. The maximum atomic E-state index is 13.3. The third-order valence-corrected chi connectivity index (χ3v) is 6.74. The quantitative estimate of drug-likeness (QED) is 0.421. The molecule has 2 aromatic heterocycles. The molecule has 0 bridgehead atoms. The summed E-state index contributed by atoms with van der Waals surface area (Å²) in [5, 5.41) is 18.3. The number of thiophene rings is 1. The molecule has 1 atom stereocenters. The fourth-order valence-corrected chi connectivity index (χ4v) is 4.92. The van der Waals surface area contributed by atoms with Gasteiger partial charge in [-0.15, -0.1) is 16.4 Å². The highest BCUT2D eigenvalue weighted by molar-refractivity contribution is 7.21. The summed E-state index contributed by atoms with van der Waals surface area (Å²) < 4.78 is 42.0. The monoisotopic (exact) mass is 474 g/mol. The summed E-state index contributed by atoms with van der Waals surface area (Å²) >= 11 is 1.27. The minimum Gasteiger partial charge on any atom is -0.375 e. The van der Waals surface area contributed by atoms with Crippen LogP contribution in [0.1, 0.15) is 39.8 Å². The van der Waals surface area contributed by atoms with Gasteiger partial charge in [0.15, 0.2) is 0 Å². The zero-order valence-corrected chi connectivity index (χ0v) is 18.7. The molecule has 2 heterocycles. The minimum absolute atomic E-state index is 0.143. The number of carbonyl (C=O) groups excluding carboxylic acids is 1. The molecule has 0 saturated heterocycles. The number of primary amides is 1. The SMILES string of the molecule is CCC(O)(c1cn(Cc2ccc3c(-c4cccc(C)c4)c(C(N)=O)sc3c2)nn1)C(F)(F)F. The lowest BCUT2D eigenvalue weighted by Crippen LogP contribution is -2.42. The van der Waals surface area contributed by atoms with Gasteiger partial charge in [-0.2, -0.15) is 13.2 Å². The number of alkyl halides is 3. The molecule has 0 spiro atoms. The molecule has 0 saturated carbocycles. The second-order valence-corrected chi connectivity index (χ2v) is 8.94. The molecule has 4 aromatic rings. The standard InChI is InChI=1S/C23H21F3N4O2S/c1-3-22(32,23(24,25)26)18-12-30(29-28-18)11-14-7-8-16-17(10-14)33-20(21(27)31)19(16)15-6-4-5-13(2)9-15/h4-10,12,32H,3,11H2,1-2H3,(H2,27,31). The molecule has 4 rings (SSSR count). The van der Waals surface area contributed by atoms with Gasteiger partial charge in [-0.25, -0.2) is 4.68 Å². The molecular formula is C23H21F3N4O2S. The van der Waals surface area contributed by atoms with E-state index in [1.54, 1.807) is 0 Å². The van der Waals surface area contributed by atoms with Crippen molar-refractivity contribution < 1.29 is 23.1 Å². The van der Waals surface area contributed by atoms with E-state index in [4.69, 9.17) is 5.73 Å². The van der Waals surface area contributed by atoms with E-state index in [9.17, 15) is 23.1 Å². The van der Waals surface area contributed by atoms with Crippen molar-refractivity contribution in [3.63, 3.8) is 0 Å². The van der Waals surface area contributed by atoms with E-state index in [1.165, 1.54) is 22.9 Å². The summed E-state index contributed by atoms with van der Waals surface area (Å²) in [4.78, 5) is 12.6. The number of nitrogens with zero attached hydrogens (tertiary/aromatic N) is 3. The summed E-state index contributed by atoms with van der Waals surface area (Å²) in [6.45, 7) is 3.34. The number of aryl methyl sites for hydroxylation is 1. The van der Waals surface area contributed by atoms with Gasteiger partial charge in [0.2, 0.25) is 5.60 Å². The number of rotatable bonds is 6. The molecule has 2 aromatic carbocycles. The van der Waals surface area contributed by atoms with Crippen LogP contribution in [0, 0.1) is 6.92 Å². The summed E-state index contributed by atoms with van der Waals surface area (Å²) in [6, 6.07) is 13.3. The van der Waals surface area contributed by atoms with Crippen molar-refractivity contribution in [2.75, 3.05) is 0 Å². The van der Waals surface area contributed by atoms with Crippen LogP contribution in [-0.2, 0) is 12.1 Å². The Morgan fingerprint density at radius 1 is 1.21 bits per heavy atom. The second kappa shape index (κ2) is 8.27. The van der Waals surface area contributed by atoms with Gasteiger partial charge in [0.25, 0.3) is 5.91 Å².